The zero-order valence-corrected chi connectivity index (χ0v) is 20.4. The summed E-state index contributed by atoms with van der Waals surface area (Å²) in [5, 5.41) is 0. The zero-order chi connectivity index (χ0) is 25.0. The Morgan fingerprint density at radius 1 is 1.09 bits per heavy atom. The molecule has 2 aromatic heterocycles. The largest absolute Gasteiger partial charge is 0.400 e. The third-order valence-corrected chi connectivity index (χ3v) is 5.05. The number of rotatable bonds is 9. The Bertz CT molecular complexity index is 1010. The molecule has 2 aromatic rings. The predicted octanol–water partition coefficient (Wildman–Crippen LogP) is 2.05. The first-order chi connectivity index (χ1) is 15.1. The second kappa shape index (κ2) is 10.1. The van der Waals surface area contributed by atoms with E-state index in [1.165, 1.54) is 12.7 Å². The summed E-state index contributed by atoms with van der Waals surface area (Å²) in [7, 11) is -4.48. The highest BCUT2D eigenvalue weighted by molar-refractivity contribution is 7.52. The van der Waals surface area contributed by atoms with Crippen molar-refractivity contribution >= 4 is 36.5 Å². The third-order valence-electron chi connectivity index (χ3n) is 4.04. The van der Waals surface area contributed by atoms with Crippen LogP contribution in [0.5, 0.6) is 0 Å². The molecule has 1 unspecified atom stereocenters. The van der Waals surface area contributed by atoms with Crippen LogP contribution in [0.3, 0.4) is 0 Å². The Morgan fingerprint density at radius 3 is 2.21 bits per heavy atom. The molecule has 13 nitrogen and oxygen atoms in total. The van der Waals surface area contributed by atoms with Crippen molar-refractivity contribution in [3.8, 4) is 0 Å². The van der Waals surface area contributed by atoms with Crippen LogP contribution in [0.2, 0.25) is 0 Å². The van der Waals surface area contributed by atoms with Crippen LogP contribution in [0.15, 0.2) is 12.7 Å². The maximum atomic E-state index is 12.5. The molecule has 0 spiro atoms. The first-order valence-electron chi connectivity index (χ1n) is 10.0. The molecule has 0 aromatic carbocycles. The van der Waals surface area contributed by atoms with Crippen LogP contribution in [0.4, 0.5) is 5.82 Å². The monoisotopic (exact) mass is 487 g/mol. The van der Waals surface area contributed by atoms with Gasteiger partial charge in [-0.1, -0.05) is 0 Å². The van der Waals surface area contributed by atoms with Gasteiger partial charge in [0.25, 0.3) is 0 Å². The predicted molar refractivity (Wildman–Crippen MR) is 116 cm³/mol. The lowest BCUT2D eigenvalue weighted by Crippen LogP contribution is -2.35. The van der Waals surface area contributed by atoms with Gasteiger partial charge in [0.15, 0.2) is 11.5 Å². The lowest BCUT2D eigenvalue weighted by atomic mass is 9.97. The molecule has 0 aliphatic rings. The van der Waals surface area contributed by atoms with Crippen LogP contribution in [0.25, 0.3) is 11.2 Å². The summed E-state index contributed by atoms with van der Waals surface area (Å²) < 4.78 is 34.3. The Hall–Kier alpha value is -2.60. The molecule has 0 saturated carbocycles. The summed E-state index contributed by atoms with van der Waals surface area (Å²) in [4.78, 5) is 46.6. The molecular weight excluding hydrogens is 457 g/mol. The number of carbonyl (C=O) groups is 2. The van der Waals surface area contributed by atoms with Crippen molar-refractivity contribution in [2.45, 2.75) is 54.6 Å². The van der Waals surface area contributed by atoms with E-state index < -0.39 is 43.2 Å². The van der Waals surface area contributed by atoms with Crippen LogP contribution in [-0.2, 0) is 39.4 Å². The van der Waals surface area contributed by atoms with E-state index in [0.29, 0.717) is 11.2 Å². The molecule has 0 saturated heterocycles. The minimum Gasteiger partial charge on any atom is -0.400 e. The van der Waals surface area contributed by atoms with E-state index >= 15 is 0 Å². The van der Waals surface area contributed by atoms with Gasteiger partial charge in [-0.2, -0.15) is 0 Å². The Morgan fingerprint density at radius 2 is 1.67 bits per heavy atom. The molecule has 2 rings (SSSR count). The van der Waals surface area contributed by atoms with Gasteiger partial charge < -0.3 is 29.4 Å². The number of fused-ring (bicyclic) bond motifs is 1. The van der Waals surface area contributed by atoms with Crippen molar-refractivity contribution in [3.63, 3.8) is 0 Å². The number of nitrogens with zero attached hydrogens (tertiary/aromatic N) is 4. The van der Waals surface area contributed by atoms with Crippen LogP contribution in [0, 0.1) is 10.8 Å². The highest BCUT2D eigenvalue weighted by Gasteiger charge is 2.36. The average Bonchev–Trinajstić information content (AvgIpc) is 3.07. The lowest BCUT2D eigenvalue weighted by molar-refractivity contribution is -0.246. The van der Waals surface area contributed by atoms with Crippen molar-refractivity contribution in [1.29, 1.82) is 0 Å². The Balaban J connectivity index is 1.97. The molecular formula is C19H30N5O8P. The summed E-state index contributed by atoms with van der Waals surface area (Å²) in [6.07, 6.45) is 2.04. The van der Waals surface area contributed by atoms with Crippen molar-refractivity contribution in [3.05, 3.63) is 12.7 Å². The van der Waals surface area contributed by atoms with Crippen molar-refractivity contribution < 1.29 is 37.8 Å². The summed E-state index contributed by atoms with van der Waals surface area (Å²) in [5.74, 6) is -1.35. The summed E-state index contributed by atoms with van der Waals surface area (Å²) in [6.45, 7) is 7.63. The minimum absolute atomic E-state index is 0.00248. The van der Waals surface area contributed by atoms with Gasteiger partial charge in [-0.25, -0.2) is 19.5 Å². The van der Waals surface area contributed by atoms with E-state index in [4.69, 9.17) is 24.5 Å². The molecule has 1 atom stereocenters. The highest BCUT2D eigenvalue weighted by Crippen LogP contribution is 2.44. The first kappa shape index (κ1) is 26.7. The van der Waals surface area contributed by atoms with E-state index in [9.17, 15) is 19.0 Å². The van der Waals surface area contributed by atoms with Gasteiger partial charge in [-0.05, 0) is 41.5 Å². The van der Waals surface area contributed by atoms with E-state index in [-0.39, 0.29) is 19.0 Å². The van der Waals surface area contributed by atoms with E-state index in [0.717, 1.165) is 0 Å². The number of nitrogen functional groups attached to an aromatic ring is 1. The van der Waals surface area contributed by atoms with Gasteiger partial charge in [-0.15, -0.1) is 0 Å². The SMILES string of the molecule is CC(C)(C)C(=O)OC(OC(=O)C(C)(C)C)OP(=O)(O)COCCn1cnc2c(N)ncnc21. The quantitative estimate of drug-likeness (QED) is 0.228. The molecule has 3 N–H and O–H groups in total. The number of ether oxygens (including phenoxy) is 3. The third kappa shape index (κ3) is 7.74. The van der Waals surface area contributed by atoms with E-state index in [2.05, 4.69) is 15.0 Å². The van der Waals surface area contributed by atoms with Crippen LogP contribution >= 0.6 is 7.60 Å². The molecule has 184 valence electrons. The molecule has 0 radical (unpaired) electrons. The summed E-state index contributed by atoms with van der Waals surface area (Å²) in [5.41, 5.74) is 4.71. The second-order valence-corrected chi connectivity index (χ2v) is 11.0. The van der Waals surface area contributed by atoms with Gasteiger partial charge in [-0.3, -0.25) is 14.2 Å². The maximum absolute atomic E-state index is 12.5. The number of carbonyl (C=O) groups excluding carboxylic acids is 2. The summed E-state index contributed by atoms with van der Waals surface area (Å²) >= 11 is 0. The average molecular weight is 487 g/mol. The highest BCUT2D eigenvalue weighted by atomic mass is 31.2. The molecule has 0 fully saturated rings. The maximum Gasteiger partial charge on any atom is 0.372 e. The lowest BCUT2D eigenvalue weighted by Gasteiger charge is -2.26. The van der Waals surface area contributed by atoms with Crippen LogP contribution in [-0.4, -0.2) is 55.8 Å². The zero-order valence-electron chi connectivity index (χ0n) is 19.5. The van der Waals surface area contributed by atoms with Gasteiger partial charge in [0.2, 0.25) is 0 Å². The van der Waals surface area contributed by atoms with Crippen molar-refractivity contribution in [2.75, 3.05) is 18.7 Å². The molecule has 14 heteroatoms. The molecule has 0 aliphatic heterocycles. The van der Waals surface area contributed by atoms with E-state index in [1.807, 2.05) is 0 Å². The van der Waals surface area contributed by atoms with Gasteiger partial charge in [0.05, 0.1) is 23.8 Å². The van der Waals surface area contributed by atoms with Crippen LogP contribution < -0.4 is 5.73 Å². The molecule has 0 aliphatic carbocycles. The van der Waals surface area contributed by atoms with Gasteiger partial charge in [0.1, 0.15) is 18.2 Å². The number of esters is 2. The minimum atomic E-state index is -4.48. The molecule has 33 heavy (non-hydrogen) atoms. The van der Waals surface area contributed by atoms with E-state index in [1.54, 1.807) is 46.1 Å². The fourth-order valence-electron chi connectivity index (χ4n) is 2.17. The fourth-order valence-corrected chi connectivity index (χ4v) is 2.94. The second-order valence-electron chi connectivity index (χ2n) is 9.25. The van der Waals surface area contributed by atoms with Gasteiger partial charge in [0, 0.05) is 6.54 Å². The Kier molecular flexibility index (Phi) is 8.18. The smallest absolute Gasteiger partial charge is 0.372 e. The number of imidazole rings is 1. The topological polar surface area (TPSA) is 178 Å². The Labute approximate surface area is 191 Å². The number of anilines is 1. The number of hydrogen-bond acceptors (Lipinski definition) is 11. The molecule has 0 amide bonds. The van der Waals surface area contributed by atoms with Crippen molar-refractivity contribution in [2.24, 2.45) is 10.8 Å². The summed E-state index contributed by atoms with van der Waals surface area (Å²) in [6, 6.07) is 0. The van der Waals surface area contributed by atoms with Crippen LogP contribution in [0.1, 0.15) is 41.5 Å². The first-order valence-corrected chi connectivity index (χ1v) is 11.8. The van der Waals surface area contributed by atoms with Gasteiger partial charge >= 0.3 is 26.0 Å². The fraction of sp³-hybridized carbons (Fsp3) is 0.632. The standard InChI is InChI=1S/C19H30N5O8P/c1-18(2,3)15(25)30-17(31-16(26)19(4,5)6)32-33(27,28)11-29-8-7-24-10-23-12-13(20)21-9-22-14(12)24/h9-10,17H,7-8,11H2,1-6H3,(H,27,28)(H2,20,21,22). The van der Waals surface area contributed by atoms with Crippen molar-refractivity contribution in [1.82, 2.24) is 19.5 Å². The number of nitrogens with two attached hydrogens (primary N) is 1. The molecule has 2 heterocycles. The normalized spacial score (nSPS) is 14.3. The molecule has 0 bridgehead atoms. The number of aromatic nitrogens is 4. The number of hydrogen-bond donors (Lipinski definition) is 2.